The number of carbonyl (C=O) groups excluding carboxylic acids is 4. The van der Waals surface area contributed by atoms with Crippen molar-refractivity contribution in [3.63, 3.8) is 0 Å². The minimum atomic E-state index is -0.743. The van der Waals surface area contributed by atoms with Crippen LogP contribution in [0, 0.1) is 5.92 Å². The second kappa shape index (κ2) is 11.3. The first-order valence-corrected chi connectivity index (χ1v) is 14.0. The number of carbonyl (C=O) groups is 4. The first kappa shape index (κ1) is 27.1. The molecule has 0 aliphatic carbocycles. The van der Waals surface area contributed by atoms with Crippen LogP contribution in [0.2, 0.25) is 0 Å². The van der Waals surface area contributed by atoms with E-state index >= 15 is 0 Å². The molecule has 2 aromatic carbocycles. The van der Waals surface area contributed by atoms with E-state index in [1.807, 2.05) is 74.5 Å². The molecule has 4 atom stereocenters. The van der Waals surface area contributed by atoms with Crippen molar-refractivity contribution in [2.75, 3.05) is 13.2 Å². The number of β-lactam (4-membered cyclic amide) rings is 1. The number of rotatable bonds is 8. The minimum absolute atomic E-state index is 0.100. The first-order valence-electron chi connectivity index (χ1n) is 13.1. The number of thioether (sulfide) groups is 1. The normalized spacial score (nSPS) is 25.0. The number of amides is 2. The number of nitrogens with zero attached hydrogens (tertiary/aromatic N) is 2. The lowest BCUT2D eigenvalue weighted by atomic mass is 9.92. The Morgan fingerprint density at radius 3 is 2.15 bits per heavy atom. The van der Waals surface area contributed by atoms with Crippen LogP contribution in [0.3, 0.4) is 0 Å². The van der Waals surface area contributed by atoms with Gasteiger partial charge in [-0.05, 0) is 37.8 Å². The predicted octanol–water partition coefficient (Wildman–Crippen LogP) is 3.75. The van der Waals surface area contributed by atoms with Gasteiger partial charge in [0.05, 0.1) is 5.37 Å². The van der Waals surface area contributed by atoms with Crippen LogP contribution in [0.4, 0.5) is 4.79 Å². The lowest BCUT2D eigenvalue weighted by Gasteiger charge is -2.43. The van der Waals surface area contributed by atoms with Crippen molar-refractivity contribution in [3.05, 3.63) is 71.8 Å². The number of likely N-dealkylation sites (tertiary alicyclic amines) is 1. The van der Waals surface area contributed by atoms with Crippen LogP contribution in [-0.4, -0.2) is 69.1 Å². The van der Waals surface area contributed by atoms with Crippen LogP contribution in [0.5, 0.6) is 0 Å². The Kier molecular flexibility index (Phi) is 7.83. The van der Waals surface area contributed by atoms with E-state index in [2.05, 4.69) is 0 Å². The summed E-state index contributed by atoms with van der Waals surface area (Å²) in [6.45, 7) is 4.39. The summed E-state index contributed by atoms with van der Waals surface area (Å²) in [5.41, 5.74) is 1.73. The molecule has 3 aliphatic heterocycles. The van der Waals surface area contributed by atoms with Crippen molar-refractivity contribution < 1.29 is 33.4 Å². The number of fused-ring (bicyclic) bond motifs is 1. The highest BCUT2D eigenvalue weighted by molar-refractivity contribution is 8.01. The van der Waals surface area contributed by atoms with Gasteiger partial charge in [-0.3, -0.25) is 9.69 Å². The fourth-order valence-electron chi connectivity index (χ4n) is 5.33. The molecule has 0 bridgehead atoms. The number of hydrogen-bond donors (Lipinski definition) is 0. The standard InChI is InChI=1S/C29H32N2O7S/c1-29(2)23(27(34)36-16-19-10-5-3-6-11-19)31-24(32)21(25(31)39-29)18-37-26(33)22-14-9-15-30(22)28(35)38-17-20-12-7-4-8-13-20/h3-8,10-13,21-23,25H,9,14-18H2,1-2H3/t21-,22+,23+,25-/m1/s1. The number of hydrogen-bond acceptors (Lipinski definition) is 8. The maximum absolute atomic E-state index is 13.1. The van der Waals surface area contributed by atoms with Gasteiger partial charge in [0.2, 0.25) is 5.91 Å². The van der Waals surface area contributed by atoms with Gasteiger partial charge in [-0.1, -0.05) is 60.7 Å². The number of esters is 2. The maximum atomic E-state index is 13.1. The summed E-state index contributed by atoms with van der Waals surface area (Å²) < 4.78 is 15.9. The lowest BCUT2D eigenvalue weighted by molar-refractivity contribution is -0.172. The monoisotopic (exact) mass is 552 g/mol. The minimum Gasteiger partial charge on any atom is -0.463 e. The quantitative estimate of drug-likeness (QED) is 0.277. The van der Waals surface area contributed by atoms with Crippen LogP contribution in [-0.2, 0) is 41.8 Å². The van der Waals surface area contributed by atoms with Crippen LogP contribution in [0.1, 0.15) is 37.8 Å². The summed E-state index contributed by atoms with van der Waals surface area (Å²) in [7, 11) is 0. The summed E-state index contributed by atoms with van der Waals surface area (Å²) in [5, 5.41) is -0.287. The highest BCUT2D eigenvalue weighted by atomic mass is 32.2. The van der Waals surface area contributed by atoms with E-state index < -0.39 is 40.8 Å². The molecule has 0 saturated carbocycles. The SMILES string of the molecule is CC1(C)S[C@@H]2[C@H](COC(=O)[C@@H]3CCCN3C(=O)OCc3ccccc3)C(=O)N2[C@H]1C(=O)OCc1ccccc1. The molecule has 3 fully saturated rings. The van der Waals surface area contributed by atoms with Crippen LogP contribution < -0.4 is 0 Å². The fraction of sp³-hybridized carbons (Fsp3) is 0.448. The summed E-state index contributed by atoms with van der Waals surface area (Å²) in [6, 6.07) is 17.2. The summed E-state index contributed by atoms with van der Waals surface area (Å²) in [6.07, 6.45) is 0.578. The molecule has 0 unspecified atom stereocenters. The molecule has 0 radical (unpaired) electrons. The van der Waals surface area contributed by atoms with E-state index in [0.717, 1.165) is 11.1 Å². The van der Waals surface area contributed by atoms with Gasteiger partial charge in [-0.2, -0.15) is 0 Å². The second-order valence-electron chi connectivity index (χ2n) is 10.5. The molecule has 3 heterocycles. The Morgan fingerprint density at radius 2 is 1.51 bits per heavy atom. The van der Waals surface area contributed by atoms with Crippen molar-refractivity contribution in [2.45, 2.75) is 62.1 Å². The highest BCUT2D eigenvalue weighted by Crippen LogP contribution is 2.53. The number of ether oxygens (including phenoxy) is 3. The Balaban J connectivity index is 1.13. The molecule has 0 N–H and O–H groups in total. The Labute approximate surface area is 231 Å². The van der Waals surface area contributed by atoms with Gasteiger partial charge in [-0.15, -0.1) is 11.8 Å². The second-order valence-corrected chi connectivity index (χ2v) is 12.3. The van der Waals surface area contributed by atoms with Gasteiger partial charge in [0, 0.05) is 11.3 Å². The summed E-state index contributed by atoms with van der Waals surface area (Å²) >= 11 is 1.51. The Morgan fingerprint density at radius 1 is 0.897 bits per heavy atom. The predicted molar refractivity (Wildman–Crippen MR) is 143 cm³/mol. The molecular formula is C29H32N2O7S. The van der Waals surface area contributed by atoms with Crippen LogP contribution >= 0.6 is 11.8 Å². The van der Waals surface area contributed by atoms with Crippen molar-refractivity contribution >= 4 is 35.7 Å². The smallest absolute Gasteiger partial charge is 0.410 e. The van der Waals surface area contributed by atoms with Gasteiger partial charge >= 0.3 is 18.0 Å². The van der Waals surface area contributed by atoms with E-state index in [1.54, 1.807) is 4.90 Å². The molecule has 2 aromatic rings. The van der Waals surface area contributed by atoms with Crippen molar-refractivity contribution in [2.24, 2.45) is 5.92 Å². The summed E-state index contributed by atoms with van der Waals surface area (Å²) in [5.74, 6) is -1.78. The van der Waals surface area contributed by atoms with Gasteiger partial charge in [0.1, 0.15) is 37.8 Å². The third-order valence-electron chi connectivity index (χ3n) is 7.37. The molecule has 206 valence electrons. The molecule has 9 nitrogen and oxygen atoms in total. The molecule has 0 spiro atoms. The Hall–Kier alpha value is -3.53. The summed E-state index contributed by atoms with van der Waals surface area (Å²) in [4.78, 5) is 54.6. The van der Waals surface area contributed by atoms with Gasteiger partial charge < -0.3 is 19.1 Å². The van der Waals surface area contributed by atoms with E-state index in [1.165, 1.54) is 16.7 Å². The molecule has 3 saturated heterocycles. The average molecular weight is 553 g/mol. The van der Waals surface area contributed by atoms with Crippen LogP contribution in [0.15, 0.2) is 60.7 Å². The van der Waals surface area contributed by atoms with Gasteiger partial charge in [-0.25, -0.2) is 14.4 Å². The van der Waals surface area contributed by atoms with Crippen LogP contribution in [0.25, 0.3) is 0 Å². The van der Waals surface area contributed by atoms with E-state index in [0.29, 0.717) is 19.4 Å². The largest absolute Gasteiger partial charge is 0.463 e. The highest BCUT2D eigenvalue weighted by Gasteiger charge is 2.64. The topological polar surface area (TPSA) is 102 Å². The van der Waals surface area contributed by atoms with Gasteiger partial charge in [0.25, 0.3) is 0 Å². The van der Waals surface area contributed by atoms with Crippen molar-refractivity contribution in [1.29, 1.82) is 0 Å². The molecule has 2 amide bonds. The zero-order chi connectivity index (χ0) is 27.6. The maximum Gasteiger partial charge on any atom is 0.410 e. The third kappa shape index (κ3) is 5.61. The zero-order valence-electron chi connectivity index (χ0n) is 22.0. The number of benzene rings is 2. The van der Waals surface area contributed by atoms with E-state index in [9.17, 15) is 19.2 Å². The Bertz CT molecular complexity index is 1220. The molecule has 5 rings (SSSR count). The molecule has 0 aromatic heterocycles. The van der Waals surface area contributed by atoms with Gasteiger partial charge in [0.15, 0.2) is 0 Å². The zero-order valence-corrected chi connectivity index (χ0v) is 22.8. The molecule has 39 heavy (non-hydrogen) atoms. The van der Waals surface area contributed by atoms with Crippen molar-refractivity contribution in [3.8, 4) is 0 Å². The average Bonchev–Trinajstić information content (AvgIpc) is 3.53. The molecule has 3 aliphatic rings. The lowest BCUT2D eigenvalue weighted by Crippen LogP contribution is -2.64. The molecule has 10 heteroatoms. The van der Waals surface area contributed by atoms with E-state index in [-0.39, 0.29) is 31.1 Å². The fourth-order valence-corrected chi connectivity index (χ4v) is 6.99. The van der Waals surface area contributed by atoms with Crippen molar-refractivity contribution in [1.82, 2.24) is 9.80 Å². The molecular weight excluding hydrogens is 520 g/mol. The first-order chi connectivity index (χ1) is 18.8. The third-order valence-corrected chi connectivity index (χ3v) is 9.00. The van der Waals surface area contributed by atoms with E-state index in [4.69, 9.17) is 14.2 Å².